The summed E-state index contributed by atoms with van der Waals surface area (Å²) in [5, 5.41) is 0. The van der Waals surface area contributed by atoms with Crippen molar-refractivity contribution in [2.24, 2.45) is 5.92 Å². The van der Waals surface area contributed by atoms with Gasteiger partial charge in [-0.2, -0.15) is 0 Å². The zero-order chi connectivity index (χ0) is 12.1. The lowest BCUT2D eigenvalue weighted by Gasteiger charge is -2.21. The average Bonchev–Trinajstić information content (AvgIpc) is 2.35. The molecule has 0 radical (unpaired) electrons. The van der Waals surface area contributed by atoms with Crippen LogP contribution in [0, 0.1) is 5.92 Å². The Labute approximate surface area is 110 Å². The van der Waals surface area contributed by atoms with Gasteiger partial charge >= 0.3 is 0 Å². The molecular weight excluding hydrogens is 282 g/mol. The molecule has 0 saturated carbocycles. The zero-order valence-electron chi connectivity index (χ0n) is 9.82. The maximum Gasteiger partial charge on any atom is 0.0717 e. The van der Waals surface area contributed by atoms with Crippen LogP contribution in [0.3, 0.4) is 0 Å². The Bertz CT molecular complexity index is 364. The number of anilines is 1. The third kappa shape index (κ3) is 3.98. The quantitative estimate of drug-likeness (QED) is 0.869. The third-order valence-corrected chi connectivity index (χ3v) is 3.75. The fraction of sp³-hybridized carbons (Fsp3) is 0.538. The van der Waals surface area contributed by atoms with Crippen LogP contribution in [-0.2, 0) is 16.1 Å². The number of hydrogen-bond acceptors (Lipinski definition) is 3. The van der Waals surface area contributed by atoms with Crippen LogP contribution in [0.15, 0.2) is 22.7 Å². The van der Waals surface area contributed by atoms with Gasteiger partial charge in [0, 0.05) is 23.4 Å². The maximum atomic E-state index is 5.82. The summed E-state index contributed by atoms with van der Waals surface area (Å²) in [6.07, 6.45) is 2.23. The van der Waals surface area contributed by atoms with E-state index in [1.165, 1.54) is 0 Å². The molecule has 0 atom stereocenters. The van der Waals surface area contributed by atoms with Crippen molar-refractivity contribution in [3.8, 4) is 0 Å². The zero-order valence-corrected chi connectivity index (χ0v) is 11.4. The topological polar surface area (TPSA) is 44.5 Å². The van der Waals surface area contributed by atoms with Crippen molar-refractivity contribution >= 4 is 21.6 Å². The van der Waals surface area contributed by atoms with Crippen LogP contribution in [0.2, 0.25) is 0 Å². The predicted molar refractivity (Wildman–Crippen MR) is 71.8 cm³/mol. The molecule has 0 aromatic heterocycles. The first-order valence-electron chi connectivity index (χ1n) is 5.95. The minimum atomic E-state index is 0.634. The van der Waals surface area contributed by atoms with Gasteiger partial charge in [0.2, 0.25) is 0 Å². The number of halogens is 1. The molecule has 2 N–H and O–H groups in total. The smallest absolute Gasteiger partial charge is 0.0717 e. The second-order valence-corrected chi connectivity index (χ2v) is 5.28. The summed E-state index contributed by atoms with van der Waals surface area (Å²) in [7, 11) is 0. The van der Waals surface area contributed by atoms with Crippen molar-refractivity contribution in [2.75, 3.05) is 25.6 Å². The normalized spacial score (nSPS) is 17.2. The van der Waals surface area contributed by atoms with Crippen LogP contribution < -0.4 is 5.73 Å². The SMILES string of the molecule is Nc1cc(COCC2CCOCC2)ccc1Br. The summed E-state index contributed by atoms with van der Waals surface area (Å²) < 4.78 is 12.0. The van der Waals surface area contributed by atoms with Crippen molar-refractivity contribution in [1.29, 1.82) is 0 Å². The second kappa shape index (κ2) is 6.38. The van der Waals surface area contributed by atoms with Gasteiger partial charge in [-0.1, -0.05) is 6.07 Å². The summed E-state index contributed by atoms with van der Waals surface area (Å²) in [6, 6.07) is 5.95. The molecule has 0 amide bonds. The Morgan fingerprint density at radius 1 is 1.35 bits per heavy atom. The molecule has 2 rings (SSSR count). The molecule has 1 aromatic carbocycles. The Balaban J connectivity index is 1.75. The van der Waals surface area contributed by atoms with Crippen LogP contribution in [0.5, 0.6) is 0 Å². The van der Waals surface area contributed by atoms with E-state index in [1.807, 2.05) is 18.2 Å². The van der Waals surface area contributed by atoms with Crippen LogP contribution in [-0.4, -0.2) is 19.8 Å². The lowest BCUT2D eigenvalue weighted by Crippen LogP contribution is -2.20. The van der Waals surface area contributed by atoms with Crippen molar-refractivity contribution in [3.63, 3.8) is 0 Å². The Morgan fingerprint density at radius 3 is 2.82 bits per heavy atom. The molecule has 1 aliphatic heterocycles. The maximum absolute atomic E-state index is 5.82. The minimum absolute atomic E-state index is 0.634. The van der Waals surface area contributed by atoms with E-state index < -0.39 is 0 Å². The first kappa shape index (κ1) is 12.9. The summed E-state index contributed by atoms with van der Waals surface area (Å²) in [6.45, 7) is 3.20. The summed E-state index contributed by atoms with van der Waals surface area (Å²) in [5.41, 5.74) is 7.70. The van der Waals surface area contributed by atoms with Crippen LogP contribution in [0.4, 0.5) is 5.69 Å². The molecule has 1 saturated heterocycles. The highest BCUT2D eigenvalue weighted by atomic mass is 79.9. The first-order valence-corrected chi connectivity index (χ1v) is 6.74. The van der Waals surface area contributed by atoms with Crippen LogP contribution in [0.25, 0.3) is 0 Å². The molecule has 4 heteroatoms. The van der Waals surface area contributed by atoms with Crippen molar-refractivity contribution in [3.05, 3.63) is 28.2 Å². The van der Waals surface area contributed by atoms with Crippen molar-refractivity contribution in [1.82, 2.24) is 0 Å². The van der Waals surface area contributed by atoms with Gasteiger partial charge in [-0.25, -0.2) is 0 Å². The van der Waals surface area contributed by atoms with E-state index in [0.717, 1.165) is 48.4 Å². The van der Waals surface area contributed by atoms with Crippen molar-refractivity contribution < 1.29 is 9.47 Å². The molecule has 1 aromatic rings. The lowest BCUT2D eigenvalue weighted by molar-refractivity contribution is 0.0157. The van der Waals surface area contributed by atoms with Gasteiger partial charge < -0.3 is 15.2 Å². The molecule has 3 nitrogen and oxygen atoms in total. The Morgan fingerprint density at radius 2 is 2.12 bits per heavy atom. The van der Waals surface area contributed by atoms with E-state index in [0.29, 0.717) is 12.5 Å². The molecule has 0 bridgehead atoms. The molecule has 17 heavy (non-hydrogen) atoms. The number of nitrogens with two attached hydrogens (primary N) is 1. The van der Waals surface area contributed by atoms with E-state index in [2.05, 4.69) is 15.9 Å². The highest BCUT2D eigenvalue weighted by Gasteiger charge is 2.13. The van der Waals surface area contributed by atoms with E-state index in [9.17, 15) is 0 Å². The molecule has 0 unspecified atom stereocenters. The fourth-order valence-corrected chi connectivity index (χ4v) is 2.19. The average molecular weight is 300 g/mol. The molecule has 1 aliphatic rings. The van der Waals surface area contributed by atoms with Crippen LogP contribution >= 0.6 is 15.9 Å². The Kier molecular flexibility index (Phi) is 4.83. The largest absolute Gasteiger partial charge is 0.398 e. The van der Waals surface area contributed by atoms with Gasteiger partial charge in [0.1, 0.15) is 0 Å². The summed E-state index contributed by atoms with van der Waals surface area (Å²) in [4.78, 5) is 0. The molecule has 0 spiro atoms. The first-order chi connectivity index (χ1) is 8.25. The second-order valence-electron chi connectivity index (χ2n) is 4.43. The van der Waals surface area contributed by atoms with E-state index >= 15 is 0 Å². The molecule has 94 valence electrons. The highest BCUT2D eigenvalue weighted by molar-refractivity contribution is 9.10. The van der Waals surface area contributed by atoms with Gasteiger partial charge in [-0.3, -0.25) is 0 Å². The Hall–Kier alpha value is -0.580. The van der Waals surface area contributed by atoms with Gasteiger partial charge in [-0.15, -0.1) is 0 Å². The van der Waals surface area contributed by atoms with E-state index in [-0.39, 0.29) is 0 Å². The lowest BCUT2D eigenvalue weighted by atomic mass is 10.0. The summed E-state index contributed by atoms with van der Waals surface area (Å²) in [5.74, 6) is 0.650. The van der Waals surface area contributed by atoms with Crippen LogP contribution in [0.1, 0.15) is 18.4 Å². The third-order valence-electron chi connectivity index (χ3n) is 3.02. The van der Waals surface area contributed by atoms with Gasteiger partial charge in [0.15, 0.2) is 0 Å². The number of nitrogen functional groups attached to an aromatic ring is 1. The summed E-state index contributed by atoms with van der Waals surface area (Å²) >= 11 is 3.38. The molecule has 1 fully saturated rings. The number of ether oxygens (including phenoxy) is 2. The molecule has 1 heterocycles. The minimum Gasteiger partial charge on any atom is -0.398 e. The van der Waals surface area contributed by atoms with Gasteiger partial charge in [0.25, 0.3) is 0 Å². The molecular formula is C13H18BrNO2. The predicted octanol–water partition coefficient (Wildman–Crippen LogP) is 2.97. The fourth-order valence-electron chi connectivity index (χ4n) is 1.94. The van der Waals surface area contributed by atoms with E-state index in [4.69, 9.17) is 15.2 Å². The van der Waals surface area contributed by atoms with E-state index in [1.54, 1.807) is 0 Å². The number of rotatable bonds is 4. The molecule has 0 aliphatic carbocycles. The number of hydrogen-bond donors (Lipinski definition) is 1. The number of benzene rings is 1. The van der Waals surface area contributed by atoms with Gasteiger partial charge in [0.05, 0.1) is 13.2 Å². The van der Waals surface area contributed by atoms with Gasteiger partial charge in [-0.05, 0) is 52.4 Å². The highest BCUT2D eigenvalue weighted by Crippen LogP contribution is 2.21. The standard InChI is InChI=1S/C13H18BrNO2/c14-12-2-1-11(7-13(12)15)9-17-8-10-3-5-16-6-4-10/h1-2,7,10H,3-6,8-9,15H2. The monoisotopic (exact) mass is 299 g/mol. The van der Waals surface area contributed by atoms with Crippen molar-refractivity contribution in [2.45, 2.75) is 19.4 Å².